The number of nitrogens with one attached hydrogen (secondary N) is 1. The molecule has 96 valence electrons. The molecule has 2 aromatic heterocycles. The van der Waals surface area contributed by atoms with Crippen molar-refractivity contribution in [1.82, 2.24) is 20.1 Å². The summed E-state index contributed by atoms with van der Waals surface area (Å²) in [6, 6.07) is 10.4. The molecule has 0 aliphatic heterocycles. The third-order valence-electron chi connectivity index (χ3n) is 3.32. The Balaban J connectivity index is 2.16. The van der Waals surface area contributed by atoms with Gasteiger partial charge in [0.15, 0.2) is 0 Å². The molecule has 0 saturated carbocycles. The average molecular weight is 252 g/mol. The van der Waals surface area contributed by atoms with Crippen molar-refractivity contribution in [3.05, 3.63) is 60.2 Å². The van der Waals surface area contributed by atoms with Gasteiger partial charge in [-0.2, -0.15) is 5.10 Å². The first-order valence-corrected chi connectivity index (χ1v) is 6.29. The number of nitrogens with zero attached hydrogens (tertiary/aromatic N) is 3. The standard InChI is InChI=1S/C15H16N4/c1-16-14(12-9-18-19(2)10-12)15-13-6-4-3-5-11(13)7-8-17-15/h3-10,14,16H,1-2H3. The molecule has 0 aliphatic rings. The lowest BCUT2D eigenvalue weighted by Gasteiger charge is -2.16. The molecule has 0 amide bonds. The number of rotatable bonds is 3. The molecule has 0 bridgehead atoms. The Morgan fingerprint density at radius 1 is 1.21 bits per heavy atom. The van der Waals surface area contributed by atoms with Crippen molar-refractivity contribution in [2.45, 2.75) is 6.04 Å². The fraction of sp³-hybridized carbons (Fsp3) is 0.200. The van der Waals surface area contributed by atoms with Crippen molar-refractivity contribution < 1.29 is 0 Å². The van der Waals surface area contributed by atoms with E-state index in [1.807, 2.05) is 55.6 Å². The zero-order chi connectivity index (χ0) is 13.2. The summed E-state index contributed by atoms with van der Waals surface area (Å²) in [5.41, 5.74) is 2.16. The molecule has 0 spiro atoms. The molecule has 3 aromatic rings. The van der Waals surface area contributed by atoms with E-state index < -0.39 is 0 Å². The van der Waals surface area contributed by atoms with Crippen LogP contribution in [0.5, 0.6) is 0 Å². The Bertz CT molecular complexity index is 697. The van der Waals surface area contributed by atoms with Gasteiger partial charge in [-0.3, -0.25) is 9.67 Å². The maximum atomic E-state index is 4.56. The van der Waals surface area contributed by atoms with E-state index in [1.54, 1.807) is 0 Å². The molecule has 0 aliphatic carbocycles. The van der Waals surface area contributed by atoms with E-state index in [2.05, 4.69) is 27.5 Å². The molecular formula is C15H16N4. The van der Waals surface area contributed by atoms with Gasteiger partial charge in [-0.1, -0.05) is 24.3 Å². The van der Waals surface area contributed by atoms with Gasteiger partial charge in [-0.25, -0.2) is 0 Å². The van der Waals surface area contributed by atoms with Gasteiger partial charge in [-0.15, -0.1) is 0 Å². The molecule has 1 atom stereocenters. The smallest absolute Gasteiger partial charge is 0.0786 e. The minimum absolute atomic E-state index is 0.0554. The summed E-state index contributed by atoms with van der Waals surface area (Å²) in [5.74, 6) is 0. The SMILES string of the molecule is CNC(c1cnn(C)c1)c1nccc2ccccc12. The van der Waals surface area contributed by atoms with Gasteiger partial charge in [0.25, 0.3) is 0 Å². The summed E-state index contributed by atoms with van der Waals surface area (Å²) in [6.07, 6.45) is 5.76. The minimum Gasteiger partial charge on any atom is -0.308 e. The van der Waals surface area contributed by atoms with Gasteiger partial charge >= 0.3 is 0 Å². The number of hydrogen-bond acceptors (Lipinski definition) is 3. The molecule has 1 unspecified atom stereocenters. The van der Waals surface area contributed by atoms with Gasteiger partial charge in [-0.05, 0) is 18.5 Å². The number of fused-ring (bicyclic) bond motifs is 1. The van der Waals surface area contributed by atoms with Gasteiger partial charge in [0, 0.05) is 30.4 Å². The largest absolute Gasteiger partial charge is 0.308 e. The Morgan fingerprint density at radius 3 is 2.79 bits per heavy atom. The molecule has 4 nitrogen and oxygen atoms in total. The Morgan fingerprint density at radius 2 is 2.05 bits per heavy atom. The third kappa shape index (κ3) is 2.11. The number of pyridine rings is 1. The van der Waals surface area contributed by atoms with Crippen LogP contribution < -0.4 is 5.32 Å². The first-order chi connectivity index (χ1) is 9.29. The fourth-order valence-electron chi connectivity index (χ4n) is 2.42. The van der Waals surface area contributed by atoms with Crippen molar-refractivity contribution in [2.24, 2.45) is 7.05 Å². The van der Waals surface area contributed by atoms with Crippen LogP contribution >= 0.6 is 0 Å². The normalized spacial score (nSPS) is 12.7. The predicted octanol–water partition coefficient (Wildman–Crippen LogP) is 2.28. The maximum absolute atomic E-state index is 4.56. The van der Waals surface area contributed by atoms with Crippen molar-refractivity contribution in [3.63, 3.8) is 0 Å². The van der Waals surface area contributed by atoms with Gasteiger partial charge in [0.05, 0.1) is 17.9 Å². The number of hydrogen-bond donors (Lipinski definition) is 1. The van der Waals surface area contributed by atoms with Crippen LogP contribution in [0.4, 0.5) is 0 Å². The summed E-state index contributed by atoms with van der Waals surface area (Å²) < 4.78 is 1.81. The zero-order valence-corrected chi connectivity index (χ0v) is 11.0. The van der Waals surface area contributed by atoms with Crippen LogP contribution in [-0.2, 0) is 7.05 Å². The van der Waals surface area contributed by atoms with Gasteiger partial charge < -0.3 is 5.32 Å². The zero-order valence-electron chi connectivity index (χ0n) is 11.0. The molecule has 2 heterocycles. The predicted molar refractivity (Wildman–Crippen MR) is 75.9 cm³/mol. The van der Waals surface area contributed by atoms with E-state index in [1.165, 1.54) is 10.8 Å². The summed E-state index contributed by atoms with van der Waals surface area (Å²) in [5, 5.41) is 9.94. The number of aryl methyl sites for hydroxylation is 1. The quantitative estimate of drug-likeness (QED) is 0.777. The van der Waals surface area contributed by atoms with E-state index in [9.17, 15) is 0 Å². The molecule has 0 radical (unpaired) electrons. The Kier molecular flexibility index (Phi) is 3.01. The van der Waals surface area contributed by atoms with Crippen LogP contribution in [0.2, 0.25) is 0 Å². The minimum atomic E-state index is 0.0554. The molecule has 1 aromatic carbocycles. The molecule has 0 saturated heterocycles. The lowest BCUT2D eigenvalue weighted by Crippen LogP contribution is -2.18. The summed E-state index contributed by atoms with van der Waals surface area (Å²) >= 11 is 0. The van der Waals surface area contributed by atoms with E-state index >= 15 is 0 Å². The molecule has 3 rings (SSSR count). The van der Waals surface area contributed by atoms with Gasteiger partial charge in [0.1, 0.15) is 0 Å². The highest BCUT2D eigenvalue weighted by Crippen LogP contribution is 2.26. The summed E-state index contributed by atoms with van der Waals surface area (Å²) in [6.45, 7) is 0. The molecule has 0 fully saturated rings. The van der Waals surface area contributed by atoms with Crippen LogP contribution in [0.25, 0.3) is 10.8 Å². The third-order valence-corrected chi connectivity index (χ3v) is 3.32. The number of benzene rings is 1. The fourth-order valence-corrected chi connectivity index (χ4v) is 2.42. The second-order valence-corrected chi connectivity index (χ2v) is 4.59. The monoisotopic (exact) mass is 252 g/mol. The lowest BCUT2D eigenvalue weighted by molar-refractivity contribution is 0.675. The van der Waals surface area contributed by atoms with Crippen LogP contribution in [-0.4, -0.2) is 21.8 Å². The summed E-state index contributed by atoms with van der Waals surface area (Å²) in [7, 11) is 3.87. The van der Waals surface area contributed by atoms with Crippen LogP contribution in [0.3, 0.4) is 0 Å². The summed E-state index contributed by atoms with van der Waals surface area (Å²) in [4.78, 5) is 4.56. The van der Waals surface area contributed by atoms with E-state index in [0.29, 0.717) is 0 Å². The lowest BCUT2D eigenvalue weighted by atomic mass is 10.0. The van der Waals surface area contributed by atoms with E-state index in [0.717, 1.165) is 11.3 Å². The molecule has 1 N–H and O–H groups in total. The first-order valence-electron chi connectivity index (χ1n) is 6.29. The van der Waals surface area contributed by atoms with Crippen molar-refractivity contribution in [2.75, 3.05) is 7.05 Å². The highest BCUT2D eigenvalue weighted by Gasteiger charge is 2.17. The van der Waals surface area contributed by atoms with Crippen LogP contribution in [0.1, 0.15) is 17.3 Å². The second-order valence-electron chi connectivity index (χ2n) is 4.59. The van der Waals surface area contributed by atoms with E-state index in [4.69, 9.17) is 0 Å². The first kappa shape index (κ1) is 11.9. The highest BCUT2D eigenvalue weighted by molar-refractivity contribution is 5.85. The van der Waals surface area contributed by atoms with Crippen molar-refractivity contribution >= 4 is 10.8 Å². The molecule has 19 heavy (non-hydrogen) atoms. The molecule has 4 heteroatoms. The second kappa shape index (κ2) is 4.82. The van der Waals surface area contributed by atoms with Crippen LogP contribution in [0.15, 0.2) is 48.9 Å². The average Bonchev–Trinajstić information content (AvgIpc) is 2.86. The highest BCUT2D eigenvalue weighted by atomic mass is 15.2. The van der Waals surface area contributed by atoms with Crippen LogP contribution in [0, 0.1) is 0 Å². The van der Waals surface area contributed by atoms with E-state index in [-0.39, 0.29) is 6.04 Å². The van der Waals surface area contributed by atoms with Gasteiger partial charge in [0.2, 0.25) is 0 Å². The molecular weight excluding hydrogens is 236 g/mol. The topological polar surface area (TPSA) is 42.7 Å². The Hall–Kier alpha value is -2.20. The Labute approximate surface area is 112 Å². The van der Waals surface area contributed by atoms with Crippen molar-refractivity contribution in [1.29, 1.82) is 0 Å². The number of aromatic nitrogens is 3. The maximum Gasteiger partial charge on any atom is 0.0786 e. The van der Waals surface area contributed by atoms with Crippen molar-refractivity contribution in [3.8, 4) is 0 Å².